The molecule has 1 fully saturated rings. The topological polar surface area (TPSA) is 66.0 Å². The third kappa shape index (κ3) is 4.71. The summed E-state index contributed by atoms with van der Waals surface area (Å²) >= 11 is 6.16. The van der Waals surface area contributed by atoms with Crippen LogP contribution in [-0.2, 0) is 4.79 Å². The summed E-state index contributed by atoms with van der Waals surface area (Å²) in [4.78, 5) is 18.9. The van der Waals surface area contributed by atoms with Crippen LogP contribution in [0.3, 0.4) is 0 Å². The first kappa shape index (κ1) is 20.6. The van der Waals surface area contributed by atoms with Crippen molar-refractivity contribution in [2.45, 2.75) is 18.9 Å². The second-order valence-corrected chi connectivity index (χ2v) is 7.58. The number of nitrogens with zero attached hydrogens (tertiary/aromatic N) is 2. The summed E-state index contributed by atoms with van der Waals surface area (Å²) in [6.07, 6.45) is -2.45. The molecular weight excluding hydrogens is 414 g/mol. The van der Waals surface area contributed by atoms with E-state index in [0.29, 0.717) is 41.8 Å². The van der Waals surface area contributed by atoms with Gasteiger partial charge in [0.05, 0.1) is 12.1 Å². The average Bonchev–Trinajstić information content (AvgIpc) is 2.89. The maximum atomic E-state index is 12.3. The van der Waals surface area contributed by atoms with Gasteiger partial charge in [-0.05, 0) is 30.3 Å². The minimum absolute atomic E-state index is 0.108. The molecule has 1 saturated heterocycles. The number of amidine groups is 1. The lowest BCUT2D eigenvalue weighted by atomic mass is 10.1. The van der Waals surface area contributed by atoms with Crippen molar-refractivity contribution in [3.63, 3.8) is 0 Å². The minimum atomic E-state index is -2.56. The van der Waals surface area contributed by atoms with E-state index in [1.165, 1.54) is 0 Å². The quantitative estimate of drug-likeness (QED) is 0.772. The Kier molecular flexibility index (Phi) is 6.15. The molecule has 4 rings (SSSR count). The predicted octanol–water partition coefficient (Wildman–Crippen LogP) is 3.57. The Bertz CT molecular complexity index is 970. The number of rotatable bonds is 4. The van der Waals surface area contributed by atoms with Gasteiger partial charge in [-0.1, -0.05) is 23.7 Å². The minimum Gasteiger partial charge on any atom is -0.454 e. The van der Waals surface area contributed by atoms with Gasteiger partial charge in [-0.15, -0.1) is 0 Å². The van der Waals surface area contributed by atoms with Gasteiger partial charge < -0.3 is 20.3 Å². The highest BCUT2D eigenvalue weighted by atomic mass is 35.5. The molecule has 0 saturated carbocycles. The van der Waals surface area contributed by atoms with Crippen molar-refractivity contribution in [3.8, 4) is 11.5 Å². The molecule has 1 atom stereocenters. The Morgan fingerprint density at radius 1 is 1.30 bits per heavy atom. The van der Waals surface area contributed by atoms with Crippen LogP contribution in [0.1, 0.15) is 12.0 Å². The highest BCUT2D eigenvalue weighted by Crippen LogP contribution is 2.39. The number of alkyl halides is 2. The third-order valence-corrected chi connectivity index (χ3v) is 5.17. The maximum absolute atomic E-state index is 12.3. The number of hydrogen-bond donors (Lipinski definition) is 2. The molecule has 2 aliphatic heterocycles. The van der Waals surface area contributed by atoms with Gasteiger partial charge in [0, 0.05) is 37.1 Å². The summed E-state index contributed by atoms with van der Waals surface area (Å²) in [6, 6.07) is 12.7. The highest BCUT2D eigenvalue weighted by Gasteiger charge is 2.28. The van der Waals surface area contributed by atoms with E-state index in [0.717, 1.165) is 11.4 Å². The number of carbonyl (C=O) groups excluding carboxylic acids is 1. The van der Waals surface area contributed by atoms with E-state index < -0.39 is 18.9 Å². The number of aliphatic imine (C=N–C) groups is 1. The van der Waals surface area contributed by atoms with Gasteiger partial charge >= 0.3 is 0 Å². The summed E-state index contributed by atoms with van der Waals surface area (Å²) in [6.45, 7) is 1.19. The smallest absolute Gasteiger partial charge is 0.255 e. The van der Waals surface area contributed by atoms with Gasteiger partial charge in [0.2, 0.25) is 5.91 Å². The Hall–Kier alpha value is -2.71. The molecule has 0 aromatic heterocycles. The molecule has 0 bridgehead atoms. The fourth-order valence-corrected chi connectivity index (χ4v) is 3.75. The lowest BCUT2D eigenvalue weighted by molar-refractivity contribution is -0.122. The number of hydrogen-bond acceptors (Lipinski definition) is 5. The van der Waals surface area contributed by atoms with E-state index in [1.807, 2.05) is 24.3 Å². The van der Waals surface area contributed by atoms with E-state index in [4.69, 9.17) is 21.3 Å². The number of halogens is 3. The molecule has 2 aliphatic rings. The van der Waals surface area contributed by atoms with E-state index in [9.17, 15) is 13.6 Å². The van der Waals surface area contributed by atoms with Gasteiger partial charge in [-0.3, -0.25) is 4.79 Å². The average molecular weight is 435 g/mol. The van der Waals surface area contributed by atoms with Crippen LogP contribution >= 0.6 is 11.6 Å². The molecule has 9 heteroatoms. The zero-order chi connectivity index (χ0) is 21.1. The molecule has 0 radical (unpaired) electrons. The van der Waals surface area contributed by atoms with Crippen LogP contribution in [0, 0.1) is 0 Å². The Labute approximate surface area is 177 Å². The molecule has 30 heavy (non-hydrogen) atoms. The van der Waals surface area contributed by atoms with Gasteiger partial charge in [0.1, 0.15) is 17.3 Å². The molecule has 2 aromatic carbocycles. The van der Waals surface area contributed by atoms with Crippen LogP contribution in [0.2, 0.25) is 5.02 Å². The van der Waals surface area contributed by atoms with Crippen molar-refractivity contribution < 1.29 is 18.3 Å². The summed E-state index contributed by atoms with van der Waals surface area (Å²) < 4.78 is 30.7. The molecule has 1 amide bonds. The molecule has 0 aliphatic carbocycles. The van der Waals surface area contributed by atoms with E-state index in [2.05, 4.69) is 15.5 Å². The highest BCUT2D eigenvalue weighted by molar-refractivity contribution is 6.31. The van der Waals surface area contributed by atoms with Crippen molar-refractivity contribution in [1.29, 1.82) is 0 Å². The van der Waals surface area contributed by atoms with Crippen LogP contribution in [0.4, 0.5) is 14.5 Å². The fraction of sp³-hybridized carbons (Fsp3) is 0.333. The van der Waals surface area contributed by atoms with Crippen molar-refractivity contribution in [3.05, 3.63) is 53.1 Å². The Morgan fingerprint density at radius 3 is 2.97 bits per heavy atom. The molecule has 158 valence electrons. The van der Waals surface area contributed by atoms with E-state index in [-0.39, 0.29) is 12.5 Å². The number of piperazine rings is 1. The summed E-state index contributed by atoms with van der Waals surface area (Å²) in [7, 11) is 0. The number of para-hydroxylation sites is 1. The van der Waals surface area contributed by atoms with Crippen LogP contribution in [0.15, 0.2) is 47.5 Å². The standard InChI is InChI=1S/C21H21ClF2N4O2/c22-13-5-6-18-16(9-13)27-21(15-3-1-2-4-17(15)30-18)28-8-7-25-14(12-28)10-20(29)26-11-19(23)24/h1-6,9,14,19,25H,7-8,10-12H2,(H,26,29). The van der Waals surface area contributed by atoms with Crippen molar-refractivity contribution in [2.75, 3.05) is 26.2 Å². The van der Waals surface area contributed by atoms with Crippen LogP contribution in [0.25, 0.3) is 0 Å². The van der Waals surface area contributed by atoms with Gasteiger partial charge in [-0.2, -0.15) is 0 Å². The monoisotopic (exact) mass is 434 g/mol. The fourth-order valence-electron chi connectivity index (χ4n) is 3.58. The molecular formula is C21H21ClF2N4O2. The SMILES string of the molecule is O=C(CC1CN(C2=Nc3cc(Cl)ccc3Oc3ccccc32)CCN1)NCC(F)F. The largest absolute Gasteiger partial charge is 0.454 e. The molecule has 1 unspecified atom stereocenters. The number of nitrogens with one attached hydrogen (secondary N) is 2. The number of amides is 1. The lowest BCUT2D eigenvalue weighted by Gasteiger charge is -2.35. The first-order chi connectivity index (χ1) is 14.5. The first-order valence-corrected chi connectivity index (χ1v) is 10.1. The van der Waals surface area contributed by atoms with Crippen molar-refractivity contribution >= 4 is 29.0 Å². The Balaban J connectivity index is 1.59. The molecule has 6 nitrogen and oxygen atoms in total. The second kappa shape index (κ2) is 8.97. The summed E-state index contributed by atoms with van der Waals surface area (Å²) in [5.74, 6) is 1.62. The number of benzene rings is 2. The zero-order valence-electron chi connectivity index (χ0n) is 16.1. The van der Waals surface area contributed by atoms with Gasteiger partial charge in [0.15, 0.2) is 5.75 Å². The van der Waals surface area contributed by atoms with Crippen molar-refractivity contribution in [1.82, 2.24) is 15.5 Å². The van der Waals surface area contributed by atoms with E-state index in [1.54, 1.807) is 18.2 Å². The normalized spacial score (nSPS) is 18.1. The second-order valence-electron chi connectivity index (χ2n) is 7.14. The zero-order valence-corrected chi connectivity index (χ0v) is 16.8. The Morgan fingerprint density at radius 2 is 2.13 bits per heavy atom. The maximum Gasteiger partial charge on any atom is 0.255 e. The third-order valence-electron chi connectivity index (χ3n) is 4.94. The first-order valence-electron chi connectivity index (χ1n) is 9.68. The van der Waals surface area contributed by atoms with Gasteiger partial charge in [-0.25, -0.2) is 13.8 Å². The molecule has 2 aromatic rings. The number of fused-ring (bicyclic) bond motifs is 2. The van der Waals surface area contributed by atoms with Gasteiger partial charge in [0.25, 0.3) is 6.43 Å². The lowest BCUT2D eigenvalue weighted by Crippen LogP contribution is -2.54. The molecule has 2 N–H and O–H groups in total. The summed E-state index contributed by atoms with van der Waals surface area (Å²) in [5.41, 5.74) is 1.46. The number of ether oxygens (including phenoxy) is 1. The summed E-state index contributed by atoms with van der Waals surface area (Å²) in [5, 5.41) is 6.09. The molecule has 2 heterocycles. The van der Waals surface area contributed by atoms with Crippen LogP contribution in [-0.4, -0.2) is 55.3 Å². The van der Waals surface area contributed by atoms with Crippen LogP contribution in [0.5, 0.6) is 11.5 Å². The van der Waals surface area contributed by atoms with Crippen molar-refractivity contribution in [2.24, 2.45) is 4.99 Å². The predicted molar refractivity (Wildman–Crippen MR) is 111 cm³/mol. The number of carbonyl (C=O) groups is 1. The van der Waals surface area contributed by atoms with E-state index >= 15 is 0 Å². The van der Waals surface area contributed by atoms with Crippen LogP contribution < -0.4 is 15.4 Å². The molecule has 0 spiro atoms.